The van der Waals surface area contributed by atoms with Crippen molar-refractivity contribution in [2.24, 2.45) is 11.8 Å². The zero-order valence-corrected chi connectivity index (χ0v) is 22.5. The first kappa shape index (κ1) is 30.9. The molecule has 2 aromatic rings. The maximum absolute atomic E-state index is 9.40. The standard InChI is InChI=1S/C9H12.C8H6ClN.C8H17N.C4H8O/c1-3-9-7-5-4-6-8(9)2;1-6-2-3-7(5-10)8(9)4-6;1-7(2)8-4-5-9(3)6-8;1-2-3-4-5/h4-7H,3H2,1-2H3;2-4H,1H3;7-8H,4-6H2,1-3H3;4H,2-3H2,1H3. The van der Waals surface area contributed by atoms with Crippen LogP contribution in [0.3, 0.4) is 0 Å². The molecular weight excluding hydrogens is 428 g/mol. The average Bonchev–Trinajstić information content (AvgIpc) is 3.23. The Morgan fingerprint density at radius 3 is 2.18 bits per heavy atom. The van der Waals surface area contributed by atoms with E-state index in [0.29, 0.717) is 17.0 Å². The molecule has 182 valence electrons. The van der Waals surface area contributed by atoms with Gasteiger partial charge in [0.05, 0.1) is 10.6 Å². The molecule has 3 nitrogen and oxygen atoms in total. The number of nitrogens with zero attached hydrogens (tertiary/aromatic N) is 2. The molecule has 0 radical (unpaired) electrons. The number of unbranched alkanes of at least 4 members (excludes halogenated alkanes) is 1. The van der Waals surface area contributed by atoms with Crippen molar-refractivity contribution >= 4 is 17.9 Å². The maximum Gasteiger partial charge on any atom is 0.119 e. The third-order valence-corrected chi connectivity index (χ3v) is 5.98. The van der Waals surface area contributed by atoms with Crippen molar-refractivity contribution in [3.8, 4) is 6.07 Å². The van der Waals surface area contributed by atoms with E-state index >= 15 is 0 Å². The number of nitriles is 1. The van der Waals surface area contributed by atoms with Gasteiger partial charge in [-0.3, -0.25) is 0 Å². The number of hydrogen-bond acceptors (Lipinski definition) is 3. The number of halogens is 1. The molecular formula is C29H43ClN2O. The van der Waals surface area contributed by atoms with Crippen LogP contribution in [0.5, 0.6) is 0 Å². The van der Waals surface area contributed by atoms with Gasteiger partial charge in [-0.2, -0.15) is 5.26 Å². The van der Waals surface area contributed by atoms with Gasteiger partial charge in [-0.25, -0.2) is 0 Å². The molecule has 0 N–H and O–H groups in total. The van der Waals surface area contributed by atoms with Crippen LogP contribution in [0.4, 0.5) is 0 Å². The Labute approximate surface area is 207 Å². The number of hydrogen-bond donors (Lipinski definition) is 0. The lowest BCUT2D eigenvalue weighted by molar-refractivity contribution is -0.107. The molecule has 4 heteroatoms. The number of likely N-dealkylation sites (tertiary alicyclic amines) is 1. The zero-order valence-electron chi connectivity index (χ0n) is 21.7. The van der Waals surface area contributed by atoms with E-state index in [4.69, 9.17) is 16.9 Å². The van der Waals surface area contributed by atoms with Crippen molar-refractivity contribution in [3.63, 3.8) is 0 Å². The lowest BCUT2D eigenvalue weighted by Crippen LogP contribution is -2.16. The number of carbonyl (C=O) groups is 1. The Bertz CT molecular complexity index is 842. The van der Waals surface area contributed by atoms with Crippen LogP contribution in [-0.2, 0) is 11.2 Å². The van der Waals surface area contributed by atoms with Crippen LogP contribution in [-0.4, -0.2) is 31.3 Å². The number of rotatable bonds is 4. The quantitative estimate of drug-likeness (QED) is 0.431. The van der Waals surface area contributed by atoms with E-state index in [1.165, 1.54) is 30.6 Å². The number of aryl methyl sites for hydroxylation is 3. The minimum atomic E-state index is 0.530. The predicted octanol–water partition coefficient (Wildman–Crippen LogP) is 7.66. The van der Waals surface area contributed by atoms with Crippen molar-refractivity contribution in [1.82, 2.24) is 4.90 Å². The Morgan fingerprint density at radius 2 is 1.85 bits per heavy atom. The monoisotopic (exact) mass is 470 g/mol. The largest absolute Gasteiger partial charge is 0.306 e. The molecule has 1 saturated heterocycles. The zero-order chi connectivity index (χ0) is 25.2. The Hall–Kier alpha value is -2.15. The van der Waals surface area contributed by atoms with Crippen LogP contribution < -0.4 is 0 Å². The van der Waals surface area contributed by atoms with Gasteiger partial charge in [0.2, 0.25) is 0 Å². The summed E-state index contributed by atoms with van der Waals surface area (Å²) in [7, 11) is 2.21. The molecule has 0 amide bonds. The molecule has 0 aromatic heterocycles. The predicted molar refractivity (Wildman–Crippen MR) is 143 cm³/mol. The molecule has 1 aliphatic heterocycles. The normalized spacial score (nSPS) is 14.6. The van der Waals surface area contributed by atoms with E-state index in [0.717, 1.165) is 36.5 Å². The summed E-state index contributed by atoms with van der Waals surface area (Å²) in [5, 5.41) is 9.00. The summed E-state index contributed by atoms with van der Waals surface area (Å²) in [6, 6.07) is 15.8. The van der Waals surface area contributed by atoms with E-state index in [2.05, 4.69) is 63.9 Å². The van der Waals surface area contributed by atoms with Crippen molar-refractivity contribution in [2.45, 2.75) is 67.2 Å². The van der Waals surface area contributed by atoms with Gasteiger partial charge >= 0.3 is 0 Å². The first-order chi connectivity index (χ1) is 15.7. The van der Waals surface area contributed by atoms with Crippen LogP contribution in [0.1, 0.15) is 69.2 Å². The van der Waals surface area contributed by atoms with E-state index in [-0.39, 0.29) is 0 Å². The SMILES string of the molecule is CC(C)C1CCN(C)C1.CCCC=O.CCc1ccccc1C.Cc1ccc(C#N)c(Cl)c1. The third-order valence-electron chi connectivity index (χ3n) is 5.66. The Kier molecular flexibility index (Phi) is 17.1. The fourth-order valence-corrected chi connectivity index (χ4v) is 3.63. The van der Waals surface area contributed by atoms with Crippen LogP contribution in [0, 0.1) is 37.0 Å². The summed E-state index contributed by atoms with van der Waals surface area (Å²) in [4.78, 5) is 11.8. The smallest absolute Gasteiger partial charge is 0.119 e. The van der Waals surface area contributed by atoms with Gasteiger partial charge in [0.1, 0.15) is 12.4 Å². The molecule has 1 fully saturated rings. The van der Waals surface area contributed by atoms with Gasteiger partial charge in [0, 0.05) is 13.0 Å². The van der Waals surface area contributed by atoms with Gasteiger partial charge in [-0.1, -0.05) is 69.6 Å². The van der Waals surface area contributed by atoms with Gasteiger partial charge in [-0.15, -0.1) is 0 Å². The second kappa shape index (κ2) is 18.3. The van der Waals surface area contributed by atoms with Crippen molar-refractivity contribution in [3.05, 3.63) is 69.7 Å². The molecule has 1 heterocycles. The van der Waals surface area contributed by atoms with E-state index in [1.54, 1.807) is 12.1 Å². The molecule has 1 atom stereocenters. The first-order valence-corrected chi connectivity index (χ1v) is 12.4. The van der Waals surface area contributed by atoms with Crippen molar-refractivity contribution in [1.29, 1.82) is 5.26 Å². The molecule has 1 unspecified atom stereocenters. The molecule has 2 aromatic carbocycles. The molecule has 0 saturated carbocycles. The number of benzene rings is 2. The van der Waals surface area contributed by atoms with Crippen LogP contribution >= 0.6 is 11.6 Å². The molecule has 0 spiro atoms. The minimum Gasteiger partial charge on any atom is -0.306 e. The maximum atomic E-state index is 9.40. The minimum absolute atomic E-state index is 0.530. The van der Waals surface area contributed by atoms with Gasteiger partial charge < -0.3 is 9.69 Å². The molecule has 33 heavy (non-hydrogen) atoms. The summed E-state index contributed by atoms with van der Waals surface area (Å²) in [6.45, 7) is 15.5. The summed E-state index contributed by atoms with van der Waals surface area (Å²) in [6.07, 6.45) is 5.17. The van der Waals surface area contributed by atoms with Gasteiger partial charge in [-0.05, 0) is 87.4 Å². The second-order valence-corrected chi connectivity index (χ2v) is 9.29. The topological polar surface area (TPSA) is 44.1 Å². The van der Waals surface area contributed by atoms with Crippen LogP contribution in [0.25, 0.3) is 0 Å². The molecule has 0 aliphatic carbocycles. The Morgan fingerprint density at radius 1 is 1.18 bits per heavy atom. The lowest BCUT2D eigenvalue weighted by Gasteiger charge is -2.13. The third kappa shape index (κ3) is 13.9. The Balaban J connectivity index is 0.000000425. The summed E-state index contributed by atoms with van der Waals surface area (Å²) < 4.78 is 0. The number of carbonyl (C=O) groups excluding carboxylic acids is 1. The highest BCUT2D eigenvalue weighted by molar-refractivity contribution is 6.31. The second-order valence-electron chi connectivity index (χ2n) is 8.89. The van der Waals surface area contributed by atoms with Gasteiger partial charge in [0.15, 0.2) is 0 Å². The van der Waals surface area contributed by atoms with E-state index in [9.17, 15) is 4.79 Å². The lowest BCUT2D eigenvalue weighted by atomic mass is 9.95. The van der Waals surface area contributed by atoms with Crippen molar-refractivity contribution < 1.29 is 4.79 Å². The van der Waals surface area contributed by atoms with Gasteiger partial charge in [0.25, 0.3) is 0 Å². The highest BCUT2D eigenvalue weighted by Gasteiger charge is 2.21. The summed E-state index contributed by atoms with van der Waals surface area (Å²) in [5.74, 6) is 1.85. The molecule has 3 rings (SSSR count). The fourth-order valence-electron chi connectivity index (χ4n) is 3.35. The highest BCUT2D eigenvalue weighted by atomic mass is 35.5. The average molecular weight is 471 g/mol. The molecule has 1 aliphatic rings. The summed E-state index contributed by atoms with van der Waals surface area (Å²) >= 11 is 5.71. The van der Waals surface area contributed by atoms with Crippen LogP contribution in [0.2, 0.25) is 5.02 Å². The van der Waals surface area contributed by atoms with E-state index in [1.807, 2.05) is 26.0 Å². The van der Waals surface area contributed by atoms with E-state index < -0.39 is 0 Å². The first-order valence-electron chi connectivity index (χ1n) is 12.0. The van der Waals surface area contributed by atoms with Crippen molar-refractivity contribution in [2.75, 3.05) is 20.1 Å². The summed E-state index contributed by atoms with van der Waals surface area (Å²) in [5.41, 5.74) is 4.47. The fraction of sp³-hybridized carbons (Fsp3) is 0.517. The molecule has 0 bridgehead atoms. The number of aldehydes is 1. The highest BCUT2D eigenvalue weighted by Crippen LogP contribution is 2.21. The van der Waals surface area contributed by atoms with Crippen LogP contribution in [0.15, 0.2) is 42.5 Å².